The van der Waals surface area contributed by atoms with E-state index in [1.807, 2.05) is 11.8 Å². The summed E-state index contributed by atoms with van der Waals surface area (Å²) in [7, 11) is -5.73. The summed E-state index contributed by atoms with van der Waals surface area (Å²) in [4.78, 5) is 2.60. The van der Waals surface area contributed by atoms with Gasteiger partial charge in [-0.05, 0) is 105 Å². The van der Waals surface area contributed by atoms with Crippen LogP contribution in [0, 0.1) is 0 Å². The molecule has 2 aliphatic rings. The van der Waals surface area contributed by atoms with Gasteiger partial charge in [0.1, 0.15) is 0 Å². The average Bonchev–Trinajstić information content (AvgIpc) is 4.03. The van der Waals surface area contributed by atoms with E-state index in [0.717, 1.165) is 0 Å². The Morgan fingerprint density at radius 1 is 0.273 bits per heavy atom. The van der Waals surface area contributed by atoms with Gasteiger partial charge in [-0.3, -0.25) is 0 Å². The van der Waals surface area contributed by atoms with Crippen LogP contribution < -0.4 is 41.5 Å². The summed E-state index contributed by atoms with van der Waals surface area (Å²) < 4.78 is 2.65. The van der Waals surface area contributed by atoms with Crippen LogP contribution >= 0.6 is 11.8 Å². The fourth-order valence-electron chi connectivity index (χ4n) is 13.8. The van der Waals surface area contributed by atoms with Gasteiger partial charge in [-0.15, -0.1) is 0 Å². The van der Waals surface area contributed by atoms with E-state index in [1.54, 1.807) is 0 Å². The predicted molar refractivity (Wildman–Crippen MR) is 329 cm³/mol. The summed E-state index contributed by atoms with van der Waals surface area (Å²) in [5.41, 5.74) is 10.8. The molecule has 0 fully saturated rings. The molecule has 77 heavy (non-hydrogen) atoms. The minimum absolute atomic E-state index is 0.593. The van der Waals surface area contributed by atoms with Crippen LogP contribution in [0.1, 0.15) is 22.3 Å². The van der Waals surface area contributed by atoms with Gasteiger partial charge in [0, 0.05) is 20.6 Å². The van der Waals surface area contributed by atoms with Crippen molar-refractivity contribution in [3.05, 3.63) is 332 Å². The normalized spacial score (nSPS) is 13.2. The quantitative estimate of drug-likeness (QED) is 0.103. The maximum absolute atomic E-state index is 2.95. The minimum atomic E-state index is -2.95. The summed E-state index contributed by atoms with van der Waals surface area (Å²) in [6.07, 6.45) is 0. The highest BCUT2D eigenvalue weighted by atomic mass is 32.2. The van der Waals surface area contributed by atoms with Crippen molar-refractivity contribution in [1.29, 1.82) is 0 Å². The fourth-order valence-corrected chi connectivity index (χ4v) is 24.6. The predicted octanol–water partition coefficient (Wildman–Crippen LogP) is 12.4. The van der Waals surface area contributed by atoms with E-state index in [0.29, 0.717) is 0 Å². The van der Waals surface area contributed by atoms with Gasteiger partial charge in [0.25, 0.3) is 0 Å². The topological polar surface area (TPSA) is 4.93 Å². The molecular weight excluding hydrogens is 979 g/mol. The van der Waals surface area contributed by atoms with Crippen LogP contribution in [0.5, 0.6) is 0 Å². The molecule has 1 nitrogen and oxygen atoms in total. The molecule has 0 N–H and O–H groups in total. The van der Waals surface area contributed by atoms with Crippen molar-refractivity contribution in [2.45, 2.75) is 15.2 Å². The standard InChI is InChI=1S/C73H51NSSi2/c1-7-26-54(27-8-1)76(55-28-9-2-10-29-55,56-30-11-3-12-31-56)60-38-23-25-52(49-60)53-45-48-68-63(50-53)62-39-24-42-67-72(62)74(68)69-51-61(46-47-64(69)73(67)65-40-19-21-43-70(65)75-71-44-22-20-41-66(71)73)77(57-32-13-4-14-33-57,58-34-15-5-16-35-58)59-36-17-6-18-37-59/h1-51H. The molecule has 0 amide bonds. The lowest BCUT2D eigenvalue weighted by molar-refractivity contribution is 0.690. The molecule has 0 unspecified atom stereocenters. The van der Waals surface area contributed by atoms with Crippen LogP contribution in [0.2, 0.25) is 0 Å². The first kappa shape index (κ1) is 45.6. The smallest absolute Gasteiger partial charge is 0.179 e. The summed E-state index contributed by atoms with van der Waals surface area (Å²) in [5, 5.41) is 13.4. The first-order valence-electron chi connectivity index (χ1n) is 26.7. The zero-order valence-corrected chi connectivity index (χ0v) is 45.1. The Hall–Kier alpha value is -8.78. The third-order valence-corrected chi connectivity index (χ3v) is 27.6. The number of hydrogen-bond donors (Lipinski definition) is 0. The third kappa shape index (κ3) is 6.66. The number of benzene rings is 12. The molecule has 362 valence electrons. The maximum atomic E-state index is 2.65. The van der Waals surface area contributed by atoms with Crippen LogP contribution in [0.4, 0.5) is 0 Å². The molecule has 4 heteroatoms. The van der Waals surface area contributed by atoms with E-state index >= 15 is 0 Å². The highest BCUT2D eigenvalue weighted by Crippen LogP contribution is 2.60. The molecule has 0 atom stereocenters. The molecule has 13 aromatic rings. The van der Waals surface area contributed by atoms with Gasteiger partial charge in [-0.25, -0.2) is 0 Å². The molecule has 0 saturated carbocycles. The van der Waals surface area contributed by atoms with Gasteiger partial charge in [-0.1, -0.05) is 291 Å². The zero-order chi connectivity index (χ0) is 51.0. The molecule has 0 radical (unpaired) electrons. The van der Waals surface area contributed by atoms with Crippen molar-refractivity contribution in [2.24, 2.45) is 0 Å². The number of hydrogen-bond acceptors (Lipinski definition) is 1. The van der Waals surface area contributed by atoms with Gasteiger partial charge in [-0.2, -0.15) is 0 Å². The Bertz CT molecular complexity index is 4110. The van der Waals surface area contributed by atoms with Crippen molar-refractivity contribution in [1.82, 2.24) is 4.57 Å². The maximum Gasteiger partial charge on any atom is 0.179 e. The summed E-state index contributed by atoms with van der Waals surface area (Å²) >= 11 is 1.90. The van der Waals surface area contributed by atoms with E-state index in [1.165, 1.54) is 112 Å². The van der Waals surface area contributed by atoms with E-state index < -0.39 is 21.6 Å². The second-order valence-corrected chi connectivity index (χ2v) is 29.3. The van der Waals surface area contributed by atoms with E-state index in [9.17, 15) is 0 Å². The molecule has 15 rings (SSSR count). The van der Waals surface area contributed by atoms with Gasteiger partial charge in [0.2, 0.25) is 0 Å². The van der Waals surface area contributed by atoms with Gasteiger partial charge < -0.3 is 4.57 Å². The van der Waals surface area contributed by atoms with Crippen LogP contribution in [-0.2, 0) is 5.41 Å². The van der Waals surface area contributed by atoms with Crippen molar-refractivity contribution in [3.63, 3.8) is 0 Å². The van der Waals surface area contributed by atoms with Gasteiger partial charge in [0.05, 0.1) is 22.1 Å². The lowest BCUT2D eigenvalue weighted by Crippen LogP contribution is -2.74. The Labute approximate surface area is 456 Å². The summed E-state index contributed by atoms with van der Waals surface area (Å²) in [6, 6.07) is 118. The summed E-state index contributed by atoms with van der Waals surface area (Å²) in [6.45, 7) is 0. The average molecular weight is 1030 g/mol. The van der Waals surface area contributed by atoms with Gasteiger partial charge >= 0.3 is 0 Å². The van der Waals surface area contributed by atoms with Crippen LogP contribution in [0.25, 0.3) is 38.6 Å². The highest BCUT2D eigenvalue weighted by Gasteiger charge is 2.51. The van der Waals surface area contributed by atoms with Crippen molar-refractivity contribution < 1.29 is 0 Å². The van der Waals surface area contributed by atoms with E-state index in [-0.39, 0.29) is 0 Å². The SMILES string of the molecule is c1ccc([Si](c2ccccc2)(c2ccccc2)c2cccc(-c3ccc4c(c3)c3cccc5c3n4-c3cc([Si](c4ccccc4)(c4ccccc4)c4ccccc4)ccc3C53c4ccccc4Sc4ccccc43)c2)cc1. The Balaban J connectivity index is 1.03. The Morgan fingerprint density at radius 3 is 1.17 bits per heavy atom. The molecular formula is C73H51NSSi2. The van der Waals surface area contributed by atoms with Crippen molar-refractivity contribution in [3.8, 4) is 16.8 Å². The molecule has 2 aliphatic heterocycles. The lowest BCUT2D eigenvalue weighted by Gasteiger charge is -2.46. The van der Waals surface area contributed by atoms with Gasteiger partial charge in [0.15, 0.2) is 16.1 Å². The van der Waals surface area contributed by atoms with Crippen LogP contribution in [-0.4, -0.2) is 20.7 Å². The number of rotatable bonds is 9. The van der Waals surface area contributed by atoms with Crippen molar-refractivity contribution >= 4 is 91.2 Å². The second-order valence-electron chi connectivity index (χ2n) is 20.6. The molecule has 1 aromatic heterocycles. The monoisotopic (exact) mass is 1030 g/mol. The van der Waals surface area contributed by atoms with Crippen LogP contribution in [0.3, 0.4) is 0 Å². The lowest BCUT2D eigenvalue weighted by atomic mass is 9.63. The molecule has 0 bridgehead atoms. The zero-order valence-electron chi connectivity index (χ0n) is 42.3. The van der Waals surface area contributed by atoms with E-state index in [4.69, 9.17) is 0 Å². The Kier molecular flexibility index (Phi) is 10.8. The van der Waals surface area contributed by atoms with Crippen LogP contribution in [0.15, 0.2) is 319 Å². The van der Waals surface area contributed by atoms with E-state index in [2.05, 4.69) is 314 Å². The number of aromatic nitrogens is 1. The first-order chi connectivity index (χ1) is 38.2. The highest BCUT2D eigenvalue weighted by molar-refractivity contribution is 7.99. The fraction of sp³-hybridized carbons (Fsp3) is 0.0137. The first-order valence-corrected chi connectivity index (χ1v) is 31.6. The number of para-hydroxylation sites is 1. The van der Waals surface area contributed by atoms with Crippen molar-refractivity contribution in [2.75, 3.05) is 0 Å². The number of fused-ring (bicyclic) bond motifs is 11. The minimum Gasteiger partial charge on any atom is -0.309 e. The molecule has 0 saturated heterocycles. The molecule has 12 aromatic carbocycles. The molecule has 1 spiro atoms. The largest absolute Gasteiger partial charge is 0.309 e. The molecule has 3 heterocycles. The second kappa shape index (κ2) is 18.2. The molecule has 0 aliphatic carbocycles. The third-order valence-electron chi connectivity index (χ3n) is 16.9. The summed E-state index contributed by atoms with van der Waals surface area (Å²) in [5.74, 6) is 0. The number of nitrogens with zero attached hydrogens (tertiary/aromatic N) is 1. The Morgan fingerprint density at radius 2 is 0.675 bits per heavy atom.